The summed E-state index contributed by atoms with van der Waals surface area (Å²) in [7, 11) is 0. The van der Waals surface area contributed by atoms with Gasteiger partial charge < -0.3 is 34.9 Å². The number of alkyl carbamates (subject to hydrolysis) is 2. The molecule has 8 atom stereocenters. The highest BCUT2D eigenvalue weighted by Gasteiger charge is 2.60. The molecule has 4 rings (SSSR count). The Morgan fingerprint density at radius 3 is 1.98 bits per heavy atom. The highest BCUT2D eigenvalue weighted by molar-refractivity contribution is 5.67. The number of fused-ring (bicyclic) bond motifs is 5. The molecule has 0 heterocycles. The Hall–Kier alpha value is -2.49. The summed E-state index contributed by atoms with van der Waals surface area (Å²) in [6.07, 6.45) is 15.3. The van der Waals surface area contributed by atoms with Crippen LogP contribution in [0.5, 0.6) is 0 Å². The van der Waals surface area contributed by atoms with Gasteiger partial charge >= 0.3 is 18.3 Å². The Kier molecular flexibility index (Phi) is 15.7. The van der Waals surface area contributed by atoms with Gasteiger partial charge in [0, 0.05) is 32.5 Å². The fraction of sp³-hybridized carbons (Fsp3) is 0.891. The minimum atomic E-state index is -1.20. The second kappa shape index (κ2) is 19.1. The number of carboxylic acid groups (broad SMARTS) is 1. The Morgan fingerprint density at radius 1 is 0.821 bits per heavy atom. The van der Waals surface area contributed by atoms with Gasteiger partial charge in [0.05, 0.1) is 0 Å². The molecule has 0 aliphatic heterocycles. The van der Waals surface area contributed by atoms with E-state index in [1.54, 1.807) is 0 Å². The van der Waals surface area contributed by atoms with Crippen LogP contribution < -0.4 is 10.6 Å². The van der Waals surface area contributed by atoms with Crippen LogP contribution in [0.4, 0.5) is 14.4 Å². The fourth-order valence-corrected chi connectivity index (χ4v) is 11.6. The van der Waals surface area contributed by atoms with Gasteiger partial charge in [0.25, 0.3) is 0 Å². The van der Waals surface area contributed by atoms with E-state index < -0.39 is 35.1 Å². The molecule has 0 aromatic heterocycles. The molecule has 3 fully saturated rings. The molecule has 0 aromatic rings. The highest BCUT2D eigenvalue weighted by atomic mass is 16.7. The molecular formula is C46H81N3O7. The number of rotatable bonds is 17. The third-order valence-corrected chi connectivity index (χ3v) is 14.3. The van der Waals surface area contributed by atoms with Gasteiger partial charge in [0.1, 0.15) is 16.8 Å². The molecule has 3 saturated carbocycles. The number of nitrogens with one attached hydrogen (secondary N) is 2. The minimum Gasteiger partial charge on any atom is -0.450 e. The Labute approximate surface area is 340 Å². The molecule has 2 amide bonds. The number of hydrogen-bond donors (Lipinski definition) is 3. The van der Waals surface area contributed by atoms with Crippen LogP contribution in [0, 0.1) is 46.3 Å². The van der Waals surface area contributed by atoms with E-state index in [9.17, 15) is 19.5 Å². The van der Waals surface area contributed by atoms with Crippen molar-refractivity contribution < 1.29 is 33.7 Å². The number of amides is 2. The van der Waals surface area contributed by atoms with Crippen molar-refractivity contribution in [1.29, 1.82) is 0 Å². The predicted molar refractivity (Wildman–Crippen MR) is 224 cm³/mol. The van der Waals surface area contributed by atoms with E-state index >= 15 is 0 Å². The summed E-state index contributed by atoms with van der Waals surface area (Å²) in [5, 5.41) is 15.8. The SMILES string of the molecule is CC(C)CCC[C@@H](C)[C@H]1CCC2C3CC=C4CC(CCN(CCCNC(=O)OC(C)(C)C)CCCNC(=O)OC(C)(C)C)(OC(=O)O)CC[C@]4(C)C3CC[C@@]21C. The Bertz CT molecular complexity index is 1320. The van der Waals surface area contributed by atoms with E-state index in [0.29, 0.717) is 75.7 Å². The van der Waals surface area contributed by atoms with Gasteiger partial charge in [-0.25, -0.2) is 14.4 Å². The number of nitrogens with zero attached hydrogens (tertiary/aromatic N) is 1. The second-order valence-electron chi connectivity index (χ2n) is 21.2. The van der Waals surface area contributed by atoms with Gasteiger partial charge in [-0.2, -0.15) is 0 Å². The van der Waals surface area contributed by atoms with Gasteiger partial charge in [0.15, 0.2) is 0 Å². The maximum Gasteiger partial charge on any atom is 0.506 e. The fourth-order valence-electron chi connectivity index (χ4n) is 11.6. The van der Waals surface area contributed by atoms with Crippen LogP contribution in [-0.2, 0) is 14.2 Å². The first-order valence-electron chi connectivity index (χ1n) is 22.3. The molecule has 4 unspecified atom stereocenters. The molecule has 0 spiro atoms. The molecule has 0 aromatic carbocycles. The summed E-state index contributed by atoms with van der Waals surface area (Å²) in [6.45, 7) is 26.4. The van der Waals surface area contributed by atoms with Crippen LogP contribution in [-0.4, -0.2) is 77.9 Å². The maximum atomic E-state index is 12.3. The van der Waals surface area contributed by atoms with E-state index in [1.165, 1.54) is 50.5 Å². The van der Waals surface area contributed by atoms with Crippen molar-refractivity contribution in [3.05, 3.63) is 11.6 Å². The Balaban J connectivity index is 1.42. The first kappa shape index (κ1) is 46.2. The average molecular weight is 788 g/mol. The van der Waals surface area contributed by atoms with Gasteiger partial charge in [-0.05, 0) is 159 Å². The molecule has 10 nitrogen and oxygen atoms in total. The molecule has 0 bridgehead atoms. The highest BCUT2D eigenvalue weighted by Crippen LogP contribution is 2.68. The zero-order valence-electron chi connectivity index (χ0n) is 37.3. The van der Waals surface area contributed by atoms with Crippen molar-refractivity contribution in [1.82, 2.24) is 15.5 Å². The molecule has 3 N–H and O–H groups in total. The summed E-state index contributed by atoms with van der Waals surface area (Å²) in [4.78, 5) is 39.2. The standard InChI is InChI=1S/C46H81N3O7/c1-32(2)15-12-16-33(3)36-19-20-37-35-18-17-34-31-46(56-41(52)53,24-23-44(34,10)38(35)21-22-45(36,37)11)25-30-49(28-13-26-47-39(50)54-42(4,5)6)29-14-27-48-40(51)55-43(7,8)9/h17,32-33,35-38H,12-16,18-31H2,1-11H3,(H,47,50)(H,48,51)(H,52,53)/t33-,35?,36-,37?,38?,44+,45-,46?/m1/s1. The van der Waals surface area contributed by atoms with Crippen molar-refractivity contribution in [2.75, 3.05) is 32.7 Å². The number of hydrogen-bond acceptors (Lipinski definition) is 7. The molecule has 0 saturated heterocycles. The van der Waals surface area contributed by atoms with E-state index in [1.807, 2.05) is 41.5 Å². The first-order chi connectivity index (χ1) is 26.1. The molecule has 10 heteroatoms. The quantitative estimate of drug-likeness (QED) is 0.0576. The van der Waals surface area contributed by atoms with Crippen LogP contribution >= 0.6 is 0 Å². The van der Waals surface area contributed by atoms with Gasteiger partial charge in [-0.15, -0.1) is 0 Å². The van der Waals surface area contributed by atoms with Gasteiger partial charge in [-0.3, -0.25) is 0 Å². The monoisotopic (exact) mass is 788 g/mol. The predicted octanol–water partition coefficient (Wildman–Crippen LogP) is 11.0. The number of carbonyl (C=O) groups excluding carboxylic acids is 2. The van der Waals surface area contributed by atoms with Crippen LogP contribution in [0.15, 0.2) is 11.6 Å². The van der Waals surface area contributed by atoms with Crippen molar-refractivity contribution >= 4 is 18.3 Å². The second-order valence-corrected chi connectivity index (χ2v) is 21.2. The first-order valence-corrected chi connectivity index (χ1v) is 22.3. The summed E-state index contributed by atoms with van der Waals surface area (Å²) in [5.41, 5.74) is 0.0159. The molecule has 4 aliphatic rings. The summed E-state index contributed by atoms with van der Waals surface area (Å²) < 4.78 is 16.8. The van der Waals surface area contributed by atoms with Crippen molar-refractivity contribution in [3.63, 3.8) is 0 Å². The summed E-state index contributed by atoms with van der Waals surface area (Å²) in [5.74, 6) is 4.52. The summed E-state index contributed by atoms with van der Waals surface area (Å²) >= 11 is 0. The smallest absolute Gasteiger partial charge is 0.450 e. The molecule has 322 valence electrons. The van der Waals surface area contributed by atoms with Crippen LogP contribution in [0.2, 0.25) is 0 Å². The van der Waals surface area contributed by atoms with Crippen molar-refractivity contribution in [3.8, 4) is 0 Å². The van der Waals surface area contributed by atoms with E-state index in [0.717, 1.165) is 42.9 Å². The van der Waals surface area contributed by atoms with Crippen molar-refractivity contribution in [2.45, 2.75) is 183 Å². The largest absolute Gasteiger partial charge is 0.506 e. The third-order valence-electron chi connectivity index (χ3n) is 14.3. The number of carbonyl (C=O) groups is 3. The lowest BCUT2D eigenvalue weighted by molar-refractivity contribution is -0.0890. The lowest BCUT2D eigenvalue weighted by Gasteiger charge is -2.59. The molecule has 56 heavy (non-hydrogen) atoms. The zero-order chi connectivity index (χ0) is 41.5. The van der Waals surface area contributed by atoms with E-state index in [4.69, 9.17) is 14.2 Å². The lowest BCUT2D eigenvalue weighted by Crippen LogP contribution is -2.53. The maximum absolute atomic E-state index is 12.3. The van der Waals surface area contributed by atoms with Crippen LogP contribution in [0.3, 0.4) is 0 Å². The van der Waals surface area contributed by atoms with Gasteiger partial charge in [-0.1, -0.05) is 65.5 Å². The normalized spacial score (nSPS) is 30.8. The van der Waals surface area contributed by atoms with Crippen LogP contribution in [0.25, 0.3) is 0 Å². The third kappa shape index (κ3) is 12.5. The lowest BCUT2D eigenvalue weighted by atomic mass is 9.46. The molecule has 4 aliphatic carbocycles. The zero-order valence-corrected chi connectivity index (χ0v) is 37.3. The van der Waals surface area contributed by atoms with Crippen LogP contribution in [0.1, 0.15) is 166 Å². The summed E-state index contributed by atoms with van der Waals surface area (Å²) in [6, 6.07) is 0. The average Bonchev–Trinajstić information content (AvgIpc) is 3.42. The Morgan fingerprint density at radius 2 is 1.43 bits per heavy atom. The minimum absolute atomic E-state index is 0.0803. The number of ether oxygens (including phenoxy) is 3. The van der Waals surface area contributed by atoms with E-state index in [-0.39, 0.29) is 5.41 Å². The molecular weight excluding hydrogens is 707 g/mol. The molecule has 0 radical (unpaired) electrons. The number of allylic oxidation sites excluding steroid dienone is 1. The topological polar surface area (TPSA) is 126 Å². The van der Waals surface area contributed by atoms with Crippen molar-refractivity contribution in [2.24, 2.45) is 46.3 Å². The van der Waals surface area contributed by atoms with Gasteiger partial charge in [0.2, 0.25) is 0 Å². The van der Waals surface area contributed by atoms with E-state index in [2.05, 4.69) is 56.2 Å².